The van der Waals surface area contributed by atoms with E-state index in [2.05, 4.69) is 14.9 Å². The molecule has 1 unspecified atom stereocenters. The molecule has 1 aliphatic rings. The van der Waals surface area contributed by atoms with Crippen LogP contribution in [0.2, 0.25) is 0 Å². The van der Waals surface area contributed by atoms with E-state index in [0.29, 0.717) is 11.1 Å². The van der Waals surface area contributed by atoms with Gasteiger partial charge in [0.2, 0.25) is 0 Å². The normalized spacial score (nSPS) is 17.0. The van der Waals surface area contributed by atoms with Gasteiger partial charge < -0.3 is 9.32 Å². The first-order valence-electron chi connectivity index (χ1n) is 7.32. The molecule has 3 aromatic rings. The smallest absolute Gasteiger partial charge is 0.196 e. The second-order valence-electron chi connectivity index (χ2n) is 5.49. The number of alkyl halides is 1. The number of aromatic nitrogens is 2. The minimum Gasteiger partial charge on any atom is -0.450 e. The van der Waals surface area contributed by atoms with Gasteiger partial charge in [-0.25, -0.2) is 14.4 Å². The number of anilines is 1. The maximum atomic E-state index is 13.8. The van der Waals surface area contributed by atoms with Crippen molar-refractivity contribution in [1.82, 2.24) is 9.97 Å². The molecule has 0 amide bonds. The molecule has 0 bridgehead atoms. The summed E-state index contributed by atoms with van der Waals surface area (Å²) in [6.07, 6.45) is 1.07. The molecule has 3 heterocycles. The van der Waals surface area contributed by atoms with Crippen LogP contribution in [-0.4, -0.2) is 23.1 Å². The number of hydrogen-bond acceptors (Lipinski definition) is 4. The largest absolute Gasteiger partial charge is 0.450 e. The lowest BCUT2D eigenvalue weighted by Gasteiger charge is -2.17. The van der Waals surface area contributed by atoms with Crippen molar-refractivity contribution in [3.63, 3.8) is 0 Å². The van der Waals surface area contributed by atoms with Gasteiger partial charge in [0, 0.05) is 18.5 Å². The van der Waals surface area contributed by atoms with Gasteiger partial charge >= 0.3 is 0 Å². The Morgan fingerprint density at radius 3 is 2.71 bits per heavy atom. The van der Waals surface area contributed by atoms with Crippen molar-refractivity contribution < 1.29 is 8.81 Å². The fourth-order valence-corrected chi connectivity index (χ4v) is 2.91. The summed E-state index contributed by atoms with van der Waals surface area (Å²) in [5, 5.41) is 0.914. The lowest BCUT2D eigenvalue weighted by molar-refractivity contribution is 0.357. The molecule has 21 heavy (non-hydrogen) atoms. The number of hydrogen-bond donors (Lipinski definition) is 0. The van der Waals surface area contributed by atoms with Gasteiger partial charge in [0.25, 0.3) is 0 Å². The molecule has 1 aromatic carbocycles. The Balaban J connectivity index is 2.05. The second kappa shape index (κ2) is 4.69. The van der Waals surface area contributed by atoms with Crippen LogP contribution in [0, 0.1) is 0 Å². The molecule has 5 heteroatoms. The minimum atomic E-state index is -1.19. The zero-order valence-electron chi connectivity index (χ0n) is 11.8. The molecule has 0 aliphatic carbocycles. The Bertz CT molecular complexity index is 806. The van der Waals surface area contributed by atoms with E-state index >= 15 is 0 Å². The molecule has 4 rings (SSSR count). The van der Waals surface area contributed by atoms with Gasteiger partial charge in [-0.2, -0.15) is 0 Å². The van der Waals surface area contributed by atoms with Crippen molar-refractivity contribution in [3.8, 4) is 0 Å². The number of furan rings is 1. The van der Waals surface area contributed by atoms with Crippen LogP contribution in [0.15, 0.2) is 28.7 Å². The highest BCUT2D eigenvalue weighted by molar-refractivity contribution is 6.05. The molecule has 1 aliphatic heterocycles. The molecule has 0 saturated carbocycles. The molecule has 1 atom stereocenters. The first-order valence-corrected chi connectivity index (χ1v) is 7.32. The molecule has 108 valence electrons. The zero-order valence-corrected chi connectivity index (χ0v) is 11.8. The van der Waals surface area contributed by atoms with Crippen LogP contribution < -0.4 is 4.90 Å². The van der Waals surface area contributed by atoms with E-state index in [1.165, 1.54) is 6.92 Å². The van der Waals surface area contributed by atoms with Gasteiger partial charge in [-0.1, -0.05) is 12.1 Å². The van der Waals surface area contributed by atoms with E-state index in [1.54, 1.807) is 0 Å². The van der Waals surface area contributed by atoms with Crippen molar-refractivity contribution >= 4 is 27.9 Å². The lowest BCUT2D eigenvalue weighted by Crippen LogP contribution is -2.20. The monoisotopic (exact) mass is 285 g/mol. The number of rotatable bonds is 2. The van der Waals surface area contributed by atoms with Crippen LogP contribution in [-0.2, 0) is 0 Å². The zero-order chi connectivity index (χ0) is 14.4. The average molecular weight is 285 g/mol. The fraction of sp³-hybridized carbons (Fsp3) is 0.375. The fourth-order valence-electron chi connectivity index (χ4n) is 2.91. The van der Waals surface area contributed by atoms with E-state index in [1.807, 2.05) is 24.3 Å². The second-order valence-corrected chi connectivity index (χ2v) is 5.49. The SMILES string of the molecule is CC(F)c1nc(N2CCCC2)c2oc3ccccc3c2n1. The van der Waals surface area contributed by atoms with Gasteiger partial charge in [0.05, 0.1) is 0 Å². The van der Waals surface area contributed by atoms with Crippen molar-refractivity contribution in [2.24, 2.45) is 0 Å². The third-order valence-electron chi connectivity index (χ3n) is 3.98. The standard InChI is InChI=1S/C16H16FN3O/c1-10(17)15-18-13-11-6-2-3-7-12(11)21-14(13)16(19-15)20-8-4-5-9-20/h2-3,6-7,10H,4-5,8-9H2,1H3. The summed E-state index contributed by atoms with van der Waals surface area (Å²) in [7, 11) is 0. The Labute approximate surface area is 121 Å². The predicted molar refractivity (Wildman–Crippen MR) is 80.3 cm³/mol. The summed E-state index contributed by atoms with van der Waals surface area (Å²) in [6, 6.07) is 7.72. The number of para-hydroxylation sites is 1. The molecule has 2 aromatic heterocycles. The van der Waals surface area contributed by atoms with E-state index in [9.17, 15) is 4.39 Å². The molecule has 0 spiro atoms. The van der Waals surface area contributed by atoms with Crippen LogP contribution in [0.5, 0.6) is 0 Å². The third-order valence-corrected chi connectivity index (χ3v) is 3.98. The van der Waals surface area contributed by atoms with Crippen LogP contribution in [0.3, 0.4) is 0 Å². The number of benzene rings is 1. The summed E-state index contributed by atoms with van der Waals surface area (Å²) in [5.41, 5.74) is 2.15. The van der Waals surface area contributed by atoms with Crippen LogP contribution >= 0.6 is 0 Å². The maximum absolute atomic E-state index is 13.8. The van der Waals surface area contributed by atoms with Crippen molar-refractivity contribution in [2.75, 3.05) is 18.0 Å². The topological polar surface area (TPSA) is 42.2 Å². The minimum absolute atomic E-state index is 0.232. The highest BCUT2D eigenvalue weighted by atomic mass is 19.1. The van der Waals surface area contributed by atoms with Gasteiger partial charge in [-0.05, 0) is 31.9 Å². The molecular formula is C16H16FN3O. The highest BCUT2D eigenvalue weighted by Gasteiger charge is 2.23. The van der Waals surface area contributed by atoms with Crippen LogP contribution in [0.4, 0.5) is 10.2 Å². The quantitative estimate of drug-likeness (QED) is 0.713. The maximum Gasteiger partial charge on any atom is 0.196 e. The Hall–Kier alpha value is -2.17. The summed E-state index contributed by atoms with van der Waals surface area (Å²) in [4.78, 5) is 11.0. The van der Waals surface area contributed by atoms with Gasteiger partial charge in [0.1, 0.15) is 11.1 Å². The predicted octanol–water partition coefficient (Wildman–Crippen LogP) is 4.01. The third kappa shape index (κ3) is 1.95. The summed E-state index contributed by atoms with van der Waals surface area (Å²) in [5.74, 6) is 0.962. The van der Waals surface area contributed by atoms with E-state index in [0.717, 1.165) is 42.7 Å². The first kappa shape index (κ1) is 12.6. The van der Waals surface area contributed by atoms with Crippen molar-refractivity contribution in [1.29, 1.82) is 0 Å². The molecule has 0 N–H and O–H groups in total. The molecule has 0 radical (unpaired) electrons. The van der Waals surface area contributed by atoms with E-state index in [4.69, 9.17) is 4.42 Å². The van der Waals surface area contributed by atoms with Crippen molar-refractivity contribution in [3.05, 3.63) is 30.1 Å². The molecule has 1 fully saturated rings. The first-order chi connectivity index (χ1) is 10.2. The molecule has 4 nitrogen and oxygen atoms in total. The number of fused-ring (bicyclic) bond motifs is 3. The number of halogens is 1. The average Bonchev–Trinajstić information content (AvgIpc) is 3.13. The van der Waals surface area contributed by atoms with Gasteiger partial charge in [0.15, 0.2) is 23.4 Å². The Kier molecular flexibility index (Phi) is 2.80. The molecular weight excluding hydrogens is 269 g/mol. The highest BCUT2D eigenvalue weighted by Crippen LogP contribution is 2.35. The van der Waals surface area contributed by atoms with Gasteiger partial charge in [-0.3, -0.25) is 0 Å². The Morgan fingerprint density at radius 2 is 1.95 bits per heavy atom. The van der Waals surface area contributed by atoms with Crippen molar-refractivity contribution in [2.45, 2.75) is 25.9 Å². The number of nitrogens with zero attached hydrogens (tertiary/aromatic N) is 3. The van der Waals surface area contributed by atoms with Crippen LogP contribution in [0.25, 0.3) is 22.1 Å². The summed E-state index contributed by atoms with van der Waals surface area (Å²) < 4.78 is 19.7. The van der Waals surface area contributed by atoms with E-state index in [-0.39, 0.29) is 5.82 Å². The Morgan fingerprint density at radius 1 is 1.19 bits per heavy atom. The molecule has 1 saturated heterocycles. The van der Waals surface area contributed by atoms with Crippen LogP contribution in [0.1, 0.15) is 31.8 Å². The summed E-state index contributed by atoms with van der Waals surface area (Å²) >= 11 is 0. The summed E-state index contributed by atoms with van der Waals surface area (Å²) in [6.45, 7) is 3.34. The lowest BCUT2D eigenvalue weighted by atomic mass is 10.2. The van der Waals surface area contributed by atoms with E-state index < -0.39 is 6.17 Å². The van der Waals surface area contributed by atoms with Gasteiger partial charge in [-0.15, -0.1) is 0 Å².